The summed E-state index contributed by atoms with van der Waals surface area (Å²) in [5, 5.41) is 0. The van der Waals surface area contributed by atoms with Crippen molar-refractivity contribution < 1.29 is 9.13 Å². The SMILES string of the molecule is COCCN(C)c1ccc(F)cc1[C@H](C)N. The van der Waals surface area contributed by atoms with Gasteiger partial charge in [-0.1, -0.05) is 0 Å². The van der Waals surface area contributed by atoms with Gasteiger partial charge in [-0.2, -0.15) is 0 Å². The van der Waals surface area contributed by atoms with E-state index in [-0.39, 0.29) is 11.9 Å². The number of ether oxygens (including phenoxy) is 1. The van der Waals surface area contributed by atoms with E-state index in [1.165, 1.54) is 12.1 Å². The molecule has 3 nitrogen and oxygen atoms in total. The average Bonchev–Trinajstić information content (AvgIpc) is 2.25. The molecule has 2 N–H and O–H groups in total. The van der Waals surface area contributed by atoms with Crippen molar-refractivity contribution in [3.63, 3.8) is 0 Å². The maximum absolute atomic E-state index is 13.1. The van der Waals surface area contributed by atoms with Crippen LogP contribution in [0, 0.1) is 5.82 Å². The topological polar surface area (TPSA) is 38.5 Å². The fourth-order valence-corrected chi connectivity index (χ4v) is 1.59. The lowest BCUT2D eigenvalue weighted by Gasteiger charge is -2.23. The molecule has 0 saturated heterocycles. The number of hydrogen-bond acceptors (Lipinski definition) is 3. The predicted octanol–water partition coefficient (Wildman–Crippen LogP) is 1.93. The molecule has 0 spiro atoms. The van der Waals surface area contributed by atoms with Gasteiger partial charge in [0, 0.05) is 32.4 Å². The van der Waals surface area contributed by atoms with Crippen LogP contribution in [-0.2, 0) is 4.74 Å². The number of benzene rings is 1. The van der Waals surface area contributed by atoms with Crippen molar-refractivity contribution in [3.05, 3.63) is 29.6 Å². The Bertz CT molecular complexity index is 342. The van der Waals surface area contributed by atoms with Crippen molar-refractivity contribution in [1.82, 2.24) is 0 Å². The third-order valence-electron chi connectivity index (χ3n) is 2.52. The van der Waals surface area contributed by atoms with Crippen LogP contribution < -0.4 is 10.6 Å². The van der Waals surface area contributed by atoms with Gasteiger partial charge in [0.15, 0.2) is 0 Å². The summed E-state index contributed by atoms with van der Waals surface area (Å²) in [6.07, 6.45) is 0. The van der Waals surface area contributed by atoms with Crippen LogP contribution in [0.5, 0.6) is 0 Å². The maximum Gasteiger partial charge on any atom is 0.123 e. The number of nitrogens with two attached hydrogens (primary N) is 1. The smallest absolute Gasteiger partial charge is 0.123 e. The van der Waals surface area contributed by atoms with Gasteiger partial charge in [0.25, 0.3) is 0 Å². The van der Waals surface area contributed by atoms with Crippen LogP contribution in [0.4, 0.5) is 10.1 Å². The molecular weight excluding hydrogens is 207 g/mol. The first-order chi connectivity index (χ1) is 7.56. The zero-order chi connectivity index (χ0) is 12.1. The molecule has 1 atom stereocenters. The summed E-state index contributed by atoms with van der Waals surface area (Å²) in [7, 11) is 3.60. The molecule has 0 aliphatic heterocycles. The molecule has 0 saturated carbocycles. The minimum absolute atomic E-state index is 0.185. The van der Waals surface area contributed by atoms with Crippen molar-refractivity contribution in [2.75, 3.05) is 32.2 Å². The summed E-state index contributed by atoms with van der Waals surface area (Å²) >= 11 is 0. The van der Waals surface area contributed by atoms with Gasteiger partial charge in [0.05, 0.1) is 6.61 Å². The summed E-state index contributed by atoms with van der Waals surface area (Å²) in [6.45, 7) is 3.23. The van der Waals surface area contributed by atoms with Gasteiger partial charge < -0.3 is 15.4 Å². The Balaban J connectivity index is 2.93. The zero-order valence-corrected chi connectivity index (χ0v) is 10.0. The summed E-state index contributed by atoms with van der Waals surface area (Å²) in [5.74, 6) is -0.254. The lowest BCUT2D eigenvalue weighted by Crippen LogP contribution is -2.24. The molecular formula is C12H19FN2O. The Morgan fingerprint density at radius 2 is 2.19 bits per heavy atom. The van der Waals surface area contributed by atoms with Crippen molar-refractivity contribution in [2.45, 2.75) is 13.0 Å². The Hall–Kier alpha value is -1.13. The summed E-state index contributed by atoms with van der Waals surface area (Å²) in [5.41, 5.74) is 7.60. The van der Waals surface area contributed by atoms with E-state index in [0.717, 1.165) is 17.8 Å². The standard InChI is InChI=1S/C12H19FN2O/c1-9(14)11-8-10(13)4-5-12(11)15(2)6-7-16-3/h4-5,8-9H,6-7,14H2,1-3H3/t9-/m0/s1. The fourth-order valence-electron chi connectivity index (χ4n) is 1.59. The first kappa shape index (κ1) is 12.9. The summed E-state index contributed by atoms with van der Waals surface area (Å²) < 4.78 is 18.1. The third-order valence-corrected chi connectivity index (χ3v) is 2.52. The lowest BCUT2D eigenvalue weighted by molar-refractivity contribution is 0.206. The van der Waals surface area contributed by atoms with Crippen LogP contribution in [0.25, 0.3) is 0 Å². The molecule has 0 aromatic heterocycles. The number of methoxy groups -OCH3 is 1. The molecule has 16 heavy (non-hydrogen) atoms. The van der Waals surface area contributed by atoms with E-state index < -0.39 is 0 Å². The van der Waals surface area contributed by atoms with E-state index in [0.29, 0.717) is 6.61 Å². The van der Waals surface area contributed by atoms with Crippen molar-refractivity contribution in [2.24, 2.45) is 5.73 Å². The van der Waals surface area contributed by atoms with E-state index >= 15 is 0 Å². The average molecular weight is 226 g/mol. The molecule has 1 rings (SSSR count). The molecule has 0 unspecified atom stereocenters. The molecule has 1 aromatic carbocycles. The highest BCUT2D eigenvalue weighted by Gasteiger charge is 2.11. The van der Waals surface area contributed by atoms with Crippen LogP contribution in [0.15, 0.2) is 18.2 Å². The number of anilines is 1. The maximum atomic E-state index is 13.1. The van der Waals surface area contributed by atoms with Gasteiger partial charge in [0.2, 0.25) is 0 Å². The van der Waals surface area contributed by atoms with Gasteiger partial charge in [0.1, 0.15) is 5.82 Å². The van der Waals surface area contributed by atoms with E-state index in [2.05, 4.69) is 0 Å². The van der Waals surface area contributed by atoms with E-state index in [9.17, 15) is 4.39 Å². The fraction of sp³-hybridized carbons (Fsp3) is 0.500. The van der Waals surface area contributed by atoms with Crippen LogP contribution in [-0.4, -0.2) is 27.3 Å². The van der Waals surface area contributed by atoms with Crippen molar-refractivity contribution in [3.8, 4) is 0 Å². The Morgan fingerprint density at radius 3 is 2.75 bits per heavy atom. The van der Waals surface area contributed by atoms with Crippen molar-refractivity contribution in [1.29, 1.82) is 0 Å². The number of likely N-dealkylation sites (N-methyl/N-ethyl adjacent to an activating group) is 1. The molecule has 0 aliphatic rings. The zero-order valence-electron chi connectivity index (χ0n) is 10.0. The molecule has 4 heteroatoms. The Kier molecular flexibility index (Phi) is 4.71. The third kappa shape index (κ3) is 3.18. The Labute approximate surface area is 96.0 Å². The molecule has 0 amide bonds. The largest absolute Gasteiger partial charge is 0.383 e. The van der Waals surface area contributed by atoms with Crippen LogP contribution in [0.3, 0.4) is 0 Å². The second-order valence-electron chi connectivity index (χ2n) is 3.91. The first-order valence-corrected chi connectivity index (χ1v) is 5.31. The molecule has 0 fully saturated rings. The van der Waals surface area contributed by atoms with Crippen LogP contribution >= 0.6 is 0 Å². The highest BCUT2D eigenvalue weighted by molar-refractivity contribution is 5.54. The summed E-state index contributed by atoms with van der Waals surface area (Å²) in [6, 6.07) is 4.51. The molecule has 0 aliphatic carbocycles. The number of halogens is 1. The minimum atomic E-state index is -0.254. The van der Waals surface area contributed by atoms with E-state index in [1.807, 2.05) is 18.9 Å². The lowest BCUT2D eigenvalue weighted by atomic mass is 10.1. The van der Waals surface area contributed by atoms with Gasteiger partial charge in [-0.25, -0.2) is 4.39 Å². The first-order valence-electron chi connectivity index (χ1n) is 5.31. The highest BCUT2D eigenvalue weighted by Crippen LogP contribution is 2.25. The highest BCUT2D eigenvalue weighted by atomic mass is 19.1. The summed E-state index contributed by atoms with van der Waals surface area (Å²) in [4.78, 5) is 2.02. The van der Waals surface area contributed by atoms with E-state index in [1.54, 1.807) is 13.2 Å². The predicted molar refractivity (Wildman–Crippen MR) is 64.1 cm³/mol. The second-order valence-corrected chi connectivity index (χ2v) is 3.91. The Morgan fingerprint density at radius 1 is 1.50 bits per heavy atom. The van der Waals surface area contributed by atoms with Gasteiger partial charge in [-0.15, -0.1) is 0 Å². The molecule has 0 radical (unpaired) electrons. The minimum Gasteiger partial charge on any atom is -0.383 e. The molecule has 1 aromatic rings. The van der Waals surface area contributed by atoms with Crippen molar-refractivity contribution >= 4 is 5.69 Å². The van der Waals surface area contributed by atoms with Crippen LogP contribution in [0.2, 0.25) is 0 Å². The number of nitrogens with zero attached hydrogens (tertiary/aromatic N) is 1. The number of hydrogen-bond donors (Lipinski definition) is 1. The second kappa shape index (κ2) is 5.82. The van der Waals surface area contributed by atoms with Crippen LogP contribution in [0.1, 0.15) is 18.5 Å². The van der Waals surface area contributed by atoms with E-state index in [4.69, 9.17) is 10.5 Å². The molecule has 90 valence electrons. The van der Waals surface area contributed by atoms with Gasteiger partial charge in [-0.05, 0) is 30.7 Å². The normalized spacial score (nSPS) is 12.6. The molecule has 0 heterocycles. The monoisotopic (exact) mass is 226 g/mol. The number of rotatable bonds is 5. The quantitative estimate of drug-likeness (QED) is 0.833. The van der Waals surface area contributed by atoms with Gasteiger partial charge >= 0.3 is 0 Å². The molecule has 0 bridgehead atoms. The van der Waals surface area contributed by atoms with Gasteiger partial charge in [-0.3, -0.25) is 0 Å².